The number of allylic oxidation sites excluding steroid dienone is 2. The molecule has 0 aliphatic heterocycles. The van der Waals surface area contributed by atoms with Gasteiger partial charge in [-0.2, -0.15) is 5.23 Å². The second-order valence-corrected chi connectivity index (χ2v) is 15.4. The summed E-state index contributed by atoms with van der Waals surface area (Å²) in [6.45, 7) is 13.1. The lowest BCUT2D eigenvalue weighted by Crippen LogP contribution is -2.43. The zero-order valence-corrected chi connectivity index (χ0v) is 14.2. The first kappa shape index (κ1) is 15.0. The van der Waals surface area contributed by atoms with Gasteiger partial charge in [-0.1, -0.05) is 6.08 Å². The van der Waals surface area contributed by atoms with Crippen LogP contribution in [0.1, 0.15) is 25.7 Å². The summed E-state index contributed by atoms with van der Waals surface area (Å²) in [5.74, 6) is 0. The fraction of sp³-hybridized carbons (Fsp3) is 0.833. The molecule has 0 unspecified atom stereocenters. The van der Waals surface area contributed by atoms with E-state index in [1.807, 2.05) is 0 Å². The third-order valence-corrected chi connectivity index (χ3v) is 3.64. The number of nitrogens with zero attached hydrogens (tertiary/aromatic N) is 1. The number of hydrogen-bond acceptors (Lipinski definition) is 3. The van der Waals surface area contributed by atoms with Crippen molar-refractivity contribution in [3.63, 3.8) is 0 Å². The monoisotopic (exact) mass is 273 g/mol. The highest BCUT2D eigenvalue weighted by Crippen LogP contribution is 2.25. The second kappa shape index (κ2) is 5.69. The predicted octanol–water partition coefficient (Wildman–Crippen LogP) is 4.28. The highest BCUT2D eigenvalue weighted by molar-refractivity contribution is 6.70. The van der Waals surface area contributed by atoms with Gasteiger partial charge in [0, 0.05) is 0 Å². The standard InChI is InChI=1S/C12H27NO2Si2/c1-16(2,3)14-13(15-17(4,5)6)12-10-8-7-9-11-12/h10H,7-9,11H2,1-6H3. The average molecular weight is 274 g/mol. The molecular weight excluding hydrogens is 246 g/mol. The number of hydroxylamine groups is 2. The molecule has 0 saturated carbocycles. The molecule has 0 amide bonds. The predicted molar refractivity (Wildman–Crippen MR) is 77.3 cm³/mol. The molecule has 0 heterocycles. The maximum atomic E-state index is 6.07. The summed E-state index contributed by atoms with van der Waals surface area (Å²) >= 11 is 0. The fourth-order valence-corrected chi connectivity index (χ4v) is 3.00. The summed E-state index contributed by atoms with van der Waals surface area (Å²) < 4.78 is 12.1. The third kappa shape index (κ3) is 6.40. The van der Waals surface area contributed by atoms with Gasteiger partial charge in [0.1, 0.15) is 0 Å². The number of rotatable bonds is 5. The van der Waals surface area contributed by atoms with Crippen LogP contribution in [0, 0.1) is 0 Å². The van der Waals surface area contributed by atoms with Gasteiger partial charge in [0.25, 0.3) is 0 Å². The van der Waals surface area contributed by atoms with E-state index in [9.17, 15) is 0 Å². The smallest absolute Gasteiger partial charge is 0.223 e. The van der Waals surface area contributed by atoms with Crippen molar-refractivity contribution in [3.05, 3.63) is 11.8 Å². The van der Waals surface area contributed by atoms with Gasteiger partial charge >= 0.3 is 0 Å². The molecule has 5 heteroatoms. The molecule has 0 saturated heterocycles. The van der Waals surface area contributed by atoms with E-state index < -0.39 is 16.6 Å². The van der Waals surface area contributed by atoms with Crippen molar-refractivity contribution in [2.45, 2.75) is 65.0 Å². The van der Waals surface area contributed by atoms with Gasteiger partial charge in [-0.05, 0) is 65.0 Å². The lowest BCUT2D eigenvalue weighted by atomic mass is 10.1. The Balaban J connectivity index is 2.74. The highest BCUT2D eigenvalue weighted by atomic mass is 28.4. The zero-order valence-electron chi connectivity index (χ0n) is 12.2. The molecule has 1 aliphatic rings. The molecular formula is C12H27NO2Si2. The SMILES string of the molecule is C[Si](C)(C)ON(O[Si](C)(C)C)C1=CCCCC1. The molecule has 0 atom stereocenters. The Morgan fingerprint density at radius 2 is 1.47 bits per heavy atom. The Hall–Kier alpha value is -0.106. The van der Waals surface area contributed by atoms with Crippen LogP contribution < -0.4 is 0 Å². The van der Waals surface area contributed by atoms with Crippen molar-refractivity contribution >= 4 is 16.6 Å². The third-order valence-electron chi connectivity index (χ3n) is 2.22. The summed E-state index contributed by atoms with van der Waals surface area (Å²) in [6.07, 6.45) is 7.03. The van der Waals surface area contributed by atoms with Gasteiger partial charge in [0.2, 0.25) is 16.6 Å². The number of hydrogen-bond donors (Lipinski definition) is 0. The van der Waals surface area contributed by atoms with Gasteiger partial charge in [-0.15, -0.1) is 0 Å². The van der Waals surface area contributed by atoms with Crippen LogP contribution in [0.25, 0.3) is 0 Å². The Bertz CT molecular complexity index is 263. The van der Waals surface area contributed by atoms with Crippen molar-refractivity contribution in [2.24, 2.45) is 0 Å². The zero-order chi connectivity index (χ0) is 13.1. The van der Waals surface area contributed by atoms with Gasteiger partial charge < -0.3 is 0 Å². The first-order chi connectivity index (χ1) is 7.67. The van der Waals surface area contributed by atoms with Gasteiger partial charge in [-0.3, -0.25) is 9.05 Å². The van der Waals surface area contributed by atoms with Crippen LogP contribution >= 0.6 is 0 Å². The minimum absolute atomic E-state index is 1.08. The second-order valence-electron chi connectivity index (χ2n) is 6.61. The molecule has 0 radical (unpaired) electrons. The van der Waals surface area contributed by atoms with E-state index in [1.54, 1.807) is 5.23 Å². The van der Waals surface area contributed by atoms with Crippen LogP contribution in [0.2, 0.25) is 39.3 Å². The maximum absolute atomic E-state index is 6.07. The molecule has 0 aromatic heterocycles. The van der Waals surface area contributed by atoms with Crippen molar-refractivity contribution in [3.8, 4) is 0 Å². The molecule has 0 fully saturated rings. The van der Waals surface area contributed by atoms with E-state index in [-0.39, 0.29) is 0 Å². The van der Waals surface area contributed by atoms with Crippen LogP contribution in [0.5, 0.6) is 0 Å². The molecule has 1 aliphatic carbocycles. The first-order valence-electron chi connectivity index (χ1n) is 6.55. The quantitative estimate of drug-likeness (QED) is 0.551. The summed E-state index contributed by atoms with van der Waals surface area (Å²) in [4.78, 5) is 0. The van der Waals surface area contributed by atoms with Crippen LogP contribution in [0.15, 0.2) is 11.8 Å². The summed E-state index contributed by atoms with van der Waals surface area (Å²) in [6, 6.07) is 0. The maximum Gasteiger partial charge on any atom is 0.223 e. The first-order valence-corrected chi connectivity index (χ1v) is 13.4. The molecule has 3 nitrogen and oxygen atoms in total. The Morgan fingerprint density at radius 1 is 0.941 bits per heavy atom. The van der Waals surface area contributed by atoms with Gasteiger partial charge in [0.05, 0.1) is 5.70 Å². The topological polar surface area (TPSA) is 21.7 Å². The fourth-order valence-electron chi connectivity index (χ4n) is 1.62. The van der Waals surface area contributed by atoms with Crippen molar-refractivity contribution in [1.82, 2.24) is 5.23 Å². The van der Waals surface area contributed by atoms with Gasteiger partial charge in [0.15, 0.2) is 0 Å². The summed E-state index contributed by atoms with van der Waals surface area (Å²) in [5.41, 5.74) is 1.22. The molecule has 100 valence electrons. The Morgan fingerprint density at radius 3 is 1.82 bits per heavy atom. The van der Waals surface area contributed by atoms with Crippen molar-refractivity contribution in [1.29, 1.82) is 0 Å². The van der Waals surface area contributed by atoms with Crippen molar-refractivity contribution < 1.29 is 9.05 Å². The van der Waals surface area contributed by atoms with E-state index in [0.29, 0.717) is 0 Å². The van der Waals surface area contributed by atoms with Gasteiger partial charge in [-0.25, -0.2) is 0 Å². The lowest BCUT2D eigenvalue weighted by Gasteiger charge is -2.36. The van der Waals surface area contributed by atoms with Crippen LogP contribution in [-0.2, 0) is 9.05 Å². The van der Waals surface area contributed by atoms with E-state index in [4.69, 9.17) is 9.05 Å². The molecule has 0 spiro atoms. The molecule has 0 aromatic carbocycles. The van der Waals surface area contributed by atoms with E-state index in [1.165, 1.54) is 18.5 Å². The molecule has 0 bridgehead atoms. The summed E-state index contributed by atoms with van der Waals surface area (Å²) in [7, 11) is -3.24. The largest absolute Gasteiger partial charge is 0.298 e. The Labute approximate surface area is 108 Å². The average Bonchev–Trinajstić information content (AvgIpc) is 2.14. The molecule has 0 N–H and O–H groups in total. The highest BCUT2D eigenvalue weighted by Gasteiger charge is 2.28. The Kier molecular flexibility index (Phi) is 5.00. The normalized spacial score (nSPS) is 17.9. The van der Waals surface area contributed by atoms with Crippen molar-refractivity contribution in [2.75, 3.05) is 0 Å². The molecule has 1 rings (SSSR count). The van der Waals surface area contributed by atoms with E-state index >= 15 is 0 Å². The minimum atomic E-state index is -1.62. The molecule has 0 aromatic rings. The van der Waals surface area contributed by atoms with Crippen LogP contribution in [0.3, 0.4) is 0 Å². The van der Waals surface area contributed by atoms with E-state index in [2.05, 4.69) is 45.4 Å². The van der Waals surface area contributed by atoms with E-state index in [0.717, 1.165) is 12.8 Å². The lowest BCUT2D eigenvalue weighted by molar-refractivity contribution is -0.245. The minimum Gasteiger partial charge on any atom is -0.298 e. The van der Waals surface area contributed by atoms with Crippen LogP contribution in [-0.4, -0.2) is 21.9 Å². The molecule has 17 heavy (non-hydrogen) atoms. The van der Waals surface area contributed by atoms with Crippen LogP contribution in [0.4, 0.5) is 0 Å². The summed E-state index contributed by atoms with van der Waals surface area (Å²) in [5, 5.41) is 1.76.